The zero-order valence-electron chi connectivity index (χ0n) is 13.8. The van der Waals surface area contributed by atoms with Gasteiger partial charge in [-0.05, 0) is 56.8 Å². The lowest BCUT2D eigenvalue weighted by Gasteiger charge is -2.29. The SMILES string of the molecule is O=C(Cl)CC(=NOCC(O)CN1CCCCC1)N1CCCCC1. The van der Waals surface area contributed by atoms with E-state index in [0.29, 0.717) is 12.4 Å². The van der Waals surface area contributed by atoms with Crippen LogP contribution in [-0.4, -0.2) is 71.4 Å². The third-order valence-electron chi connectivity index (χ3n) is 4.37. The second-order valence-electron chi connectivity index (χ2n) is 6.40. The quantitative estimate of drug-likeness (QED) is 0.330. The van der Waals surface area contributed by atoms with Gasteiger partial charge in [-0.15, -0.1) is 0 Å². The highest BCUT2D eigenvalue weighted by Crippen LogP contribution is 2.12. The molecule has 132 valence electrons. The molecule has 2 rings (SSSR count). The summed E-state index contributed by atoms with van der Waals surface area (Å²) in [4.78, 5) is 20.8. The minimum atomic E-state index is -0.564. The Labute approximate surface area is 143 Å². The van der Waals surface area contributed by atoms with Gasteiger partial charge >= 0.3 is 0 Å². The summed E-state index contributed by atoms with van der Waals surface area (Å²) in [5.74, 6) is 0.579. The molecule has 6 nitrogen and oxygen atoms in total. The Morgan fingerprint density at radius 1 is 1.09 bits per heavy atom. The van der Waals surface area contributed by atoms with E-state index in [1.165, 1.54) is 25.7 Å². The van der Waals surface area contributed by atoms with Crippen LogP contribution in [0, 0.1) is 0 Å². The van der Waals surface area contributed by atoms with Crippen molar-refractivity contribution in [2.24, 2.45) is 5.16 Å². The first-order chi connectivity index (χ1) is 11.1. The molecule has 0 saturated carbocycles. The fourth-order valence-corrected chi connectivity index (χ4v) is 3.29. The number of oxime groups is 1. The standard InChI is InChI=1S/C16H28ClN3O3/c17-15(22)11-16(20-9-5-2-6-10-20)18-23-13-14(21)12-19-7-3-1-4-8-19/h14,21H,1-13H2. The van der Waals surface area contributed by atoms with Crippen LogP contribution in [0.15, 0.2) is 5.16 Å². The van der Waals surface area contributed by atoms with E-state index >= 15 is 0 Å². The third kappa shape index (κ3) is 7.06. The van der Waals surface area contributed by atoms with Crippen molar-refractivity contribution in [3.63, 3.8) is 0 Å². The minimum absolute atomic E-state index is 0.0732. The van der Waals surface area contributed by atoms with Gasteiger partial charge in [0.15, 0.2) is 5.84 Å². The molecule has 2 aliphatic heterocycles. The van der Waals surface area contributed by atoms with Gasteiger partial charge in [-0.2, -0.15) is 0 Å². The van der Waals surface area contributed by atoms with Gasteiger partial charge in [0.2, 0.25) is 5.24 Å². The highest BCUT2D eigenvalue weighted by atomic mass is 35.5. The van der Waals surface area contributed by atoms with Crippen LogP contribution in [-0.2, 0) is 9.63 Å². The summed E-state index contributed by atoms with van der Waals surface area (Å²) in [6.45, 7) is 4.60. The summed E-state index contributed by atoms with van der Waals surface area (Å²) in [5, 5.41) is 13.7. The number of hydrogen-bond donors (Lipinski definition) is 1. The Hall–Kier alpha value is -0.850. The normalized spacial score (nSPS) is 22.0. The molecule has 1 atom stereocenters. The molecule has 0 aromatic rings. The molecule has 0 aliphatic carbocycles. The molecule has 23 heavy (non-hydrogen) atoms. The number of hydrogen-bond acceptors (Lipinski definition) is 5. The average Bonchev–Trinajstić information content (AvgIpc) is 2.55. The topological polar surface area (TPSA) is 65.4 Å². The van der Waals surface area contributed by atoms with Gasteiger partial charge in [0.1, 0.15) is 12.7 Å². The van der Waals surface area contributed by atoms with Crippen LogP contribution in [0.1, 0.15) is 44.9 Å². The summed E-state index contributed by atoms with van der Waals surface area (Å²) in [6.07, 6.45) is 6.56. The number of piperidine rings is 2. The second kappa shape index (κ2) is 10.1. The number of likely N-dealkylation sites (tertiary alicyclic amines) is 2. The van der Waals surface area contributed by atoms with Crippen LogP contribution in [0.2, 0.25) is 0 Å². The second-order valence-corrected chi connectivity index (χ2v) is 6.82. The smallest absolute Gasteiger partial charge is 0.229 e. The average molecular weight is 346 g/mol. The lowest BCUT2D eigenvalue weighted by atomic mass is 10.1. The fourth-order valence-electron chi connectivity index (χ4n) is 3.17. The van der Waals surface area contributed by atoms with Crippen LogP contribution < -0.4 is 0 Å². The van der Waals surface area contributed by atoms with E-state index in [-0.39, 0.29) is 13.0 Å². The van der Waals surface area contributed by atoms with Crippen molar-refractivity contribution in [2.75, 3.05) is 39.3 Å². The Bertz CT molecular complexity index is 394. The molecule has 0 bridgehead atoms. The van der Waals surface area contributed by atoms with Crippen LogP contribution in [0.5, 0.6) is 0 Å². The van der Waals surface area contributed by atoms with E-state index in [1.807, 2.05) is 0 Å². The van der Waals surface area contributed by atoms with Crippen LogP contribution in [0.3, 0.4) is 0 Å². The highest BCUT2D eigenvalue weighted by molar-refractivity contribution is 6.65. The summed E-state index contributed by atoms with van der Waals surface area (Å²) in [5.41, 5.74) is 0. The first-order valence-corrected chi connectivity index (χ1v) is 9.05. The number of amidine groups is 1. The van der Waals surface area contributed by atoms with E-state index in [4.69, 9.17) is 16.4 Å². The van der Waals surface area contributed by atoms with Crippen molar-refractivity contribution in [3.8, 4) is 0 Å². The number of aliphatic hydroxyl groups excluding tert-OH is 1. The van der Waals surface area contributed by atoms with Gasteiger partial charge in [0.05, 0.1) is 6.42 Å². The molecule has 1 unspecified atom stereocenters. The molecular formula is C16H28ClN3O3. The lowest BCUT2D eigenvalue weighted by Crippen LogP contribution is -2.38. The third-order valence-corrected chi connectivity index (χ3v) is 4.51. The molecule has 0 aromatic carbocycles. The van der Waals surface area contributed by atoms with Gasteiger partial charge in [-0.25, -0.2) is 0 Å². The molecule has 0 amide bonds. The molecule has 1 N–H and O–H groups in total. The maximum absolute atomic E-state index is 11.2. The summed E-state index contributed by atoms with van der Waals surface area (Å²) in [7, 11) is 0. The molecule has 2 heterocycles. The molecule has 0 spiro atoms. The Kier molecular flexibility index (Phi) is 8.12. The number of nitrogens with zero attached hydrogens (tertiary/aromatic N) is 3. The van der Waals surface area contributed by atoms with E-state index in [1.54, 1.807) is 0 Å². The highest BCUT2D eigenvalue weighted by Gasteiger charge is 2.19. The fraction of sp³-hybridized carbons (Fsp3) is 0.875. The van der Waals surface area contributed by atoms with Crippen molar-refractivity contribution in [1.29, 1.82) is 0 Å². The molecule has 2 fully saturated rings. The largest absolute Gasteiger partial charge is 0.392 e. The molecule has 0 radical (unpaired) electrons. The van der Waals surface area contributed by atoms with Gasteiger partial charge in [0.25, 0.3) is 0 Å². The lowest BCUT2D eigenvalue weighted by molar-refractivity contribution is -0.110. The first-order valence-electron chi connectivity index (χ1n) is 8.67. The van der Waals surface area contributed by atoms with Crippen molar-refractivity contribution < 1.29 is 14.7 Å². The first kappa shape index (κ1) is 18.5. The van der Waals surface area contributed by atoms with E-state index in [0.717, 1.165) is 39.0 Å². The van der Waals surface area contributed by atoms with Crippen molar-refractivity contribution in [1.82, 2.24) is 9.80 Å². The Balaban J connectivity index is 1.77. The number of carbonyl (C=O) groups is 1. The van der Waals surface area contributed by atoms with Gasteiger partial charge in [-0.1, -0.05) is 11.6 Å². The molecule has 0 aromatic heterocycles. The summed E-state index contributed by atoms with van der Waals surface area (Å²) in [6, 6.07) is 0. The predicted molar refractivity (Wildman–Crippen MR) is 90.6 cm³/mol. The minimum Gasteiger partial charge on any atom is -0.392 e. The van der Waals surface area contributed by atoms with Crippen molar-refractivity contribution in [2.45, 2.75) is 51.0 Å². The zero-order chi connectivity index (χ0) is 16.5. The van der Waals surface area contributed by atoms with Gasteiger partial charge in [0, 0.05) is 19.6 Å². The zero-order valence-corrected chi connectivity index (χ0v) is 14.5. The number of halogens is 1. The van der Waals surface area contributed by atoms with Gasteiger partial charge < -0.3 is 19.7 Å². The van der Waals surface area contributed by atoms with E-state index in [2.05, 4.69) is 15.0 Å². The molecule has 2 aliphatic rings. The molecular weight excluding hydrogens is 318 g/mol. The maximum atomic E-state index is 11.2. The molecule has 2 saturated heterocycles. The number of rotatable bonds is 7. The molecule has 7 heteroatoms. The Morgan fingerprint density at radius 2 is 1.70 bits per heavy atom. The number of aliphatic hydroxyl groups is 1. The Morgan fingerprint density at radius 3 is 2.30 bits per heavy atom. The summed E-state index contributed by atoms with van der Waals surface area (Å²) >= 11 is 5.50. The van der Waals surface area contributed by atoms with E-state index < -0.39 is 11.3 Å². The number of carbonyl (C=O) groups excluding carboxylic acids is 1. The van der Waals surface area contributed by atoms with E-state index in [9.17, 15) is 9.90 Å². The predicted octanol–water partition coefficient (Wildman–Crippen LogP) is 1.80. The van der Waals surface area contributed by atoms with Crippen LogP contribution >= 0.6 is 11.6 Å². The van der Waals surface area contributed by atoms with Crippen LogP contribution in [0.25, 0.3) is 0 Å². The van der Waals surface area contributed by atoms with Crippen molar-refractivity contribution >= 4 is 22.7 Å². The van der Waals surface area contributed by atoms with Crippen LogP contribution in [0.4, 0.5) is 0 Å². The monoisotopic (exact) mass is 345 g/mol. The summed E-state index contributed by atoms with van der Waals surface area (Å²) < 4.78 is 0. The van der Waals surface area contributed by atoms with Gasteiger partial charge in [-0.3, -0.25) is 4.79 Å². The number of β-amino-alcohol motifs (C(OH)–C–C–N with tert-alkyl or cyclic N) is 1. The van der Waals surface area contributed by atoms with Crippen molar-refractivity contribution in [3.05, 3.63) is 0 Å². The maximum Gasteiger partial charge on any atom is 0.229 e.